The molecular formula is C14H24N4OS. The molecule has 0 radical (unpaired) electrons. The predicted molar refractivity (Wildman–Crippen MR) is 84.8 cm³/mol. The Morgan fingerprint density at radius 1 is 1.50 bits per heavy atom. The van der Waals surface area contributed by atoms with Crippen LogP contribution in [0.3, 0.4) is 0 Å². The lowest BCUT2D eigenvalue weighted by Gasteiger charge is -2.19. The highest BCUT2D eigenvalue weighted by atomic mass is 32.1. The van der Waals surface area contributed by atoms with Gasteiger partial charge in [0.15, 0.2) is 10.8 Å². The summed E-state index contributed by atoms with van der Waals surface area (Å²) in [5.41, 5.74) is 1.23. The Labute approximate surface area is 124 Å². The Bertz CT molecular complexity index is 534. The monoisotopic (exact) mass is 296 g/mol. The number of anilines is 1. The maximum absolute atomic E-state index is 5.12. The molecule has 0 aliphatic heterocycles. The van der Waals surface area contributed by atoms with Gasteiger partial charge in [-0.25, -0.2) is 4.98 Å². The molecule has 0 amide bonds. The summed E-state index contributed by atoms with van der Waals surface area (Å²) in [7, 11) is 3.84. The van der Waals surface area contributed by atoms with Crippen LogP contribution >= 0.6 is 11.3 Å². The normalized spacial score (nSPS) is 11.7. The smallest absolute Gasteiger partial charge is 0.195 e. The number of imidazole rings is 1. The van der Waals surface area contributed by atoms with Crippen molar-refractivity contribution in [2.45, 2.75) is 32.9 Å². The van der Waals surface area contributed by atoms with Gasteiger partial charge in [0.05, 0.1) is 5.69 Å². The molecule has 20 heavy (non-hydrogen) atoms. The summed E-state index contributed by atoms with van der Waals surface area (Å²) in [5.74, 6) is 1.07. The van der Waals surface area contributed by atoms with Gasteiger partial charge in [0.25, 0.3) is 0 Å². The van der Waals surface area contributed by atoms with Gasteiger partial charge >= 0.3 is 0 Å². The van der Waals surface area contributed by atoms with Crippen LogP contribution in [0.2, 0.25) is 0 Å². The number of aromatic nitrogens is 2. The topological polar surface area (TPSA) is 41.8 Å². The van der Waals surface area contributed by atoms with Crippen LogP contribution in [0.25, 0.3) is 4.96 Å². The highest BCUT2D eigenvalue weighted by Crippen LogP contribution is 2.24. The minimum absolute atomic E-state index is 0.464. The number of nitrogens with one attached hydrogen (secondary N) is 1. The molecule has 0 saturated carbocycles. The van der Waals surface area contributed by atoms with Crippen LogP contribution in [-0.4, -0.2) is 42.7 Å². The number of fused-ring (bicyclic) bond motifs is 1. The van der Waals surface area contributed by atoms with Gasteiger partial charge in [-0.15, -0.1) is 11.3 Å². The van der Waals surface area contributed by atoms with E-state index < -0.39 is 0 Å². The molecule has 0 aliphatic rings. The van der Waals surface area contributed by atoms with Crippen LogP contribution in [0.15, 0.2) is 11.6 Å². The molecule has 0 unspecified atom stereocenters. The Kier molecular flexibility index (Phi) is 5.39. The zero-order valence-electron chi connectivity index (χ0n) is 12.7. The molecular weight excluding hydrogens is 272 g/mol. The van der Waals surface area contributed by atoms with Crippen molar-refractivity contribution in [1.82, 2.24) is 14.7 Å². The molecule has 1 N–H and O–H groups in total. The van der Waals surface area contributed by atoms with Crippen molar-refractivity contribution in [2.75, 3.05) is 32.2 Å². The number of thiazole rings is 1. The molecule has 0 spiro atoms. The molecule has 2 aromatic rings. The van der Waals surface area contributed by atoms with Gasteiger partial charge in [0.2, 0.25) is 0 Å². The number of hydrogen-bond acceptors (Lipinski definition) is 5. The Balaban J connectivity index is 2.17. The fourth-order valence-corrected chi connectivity index (χ4v) is 2.87. The van der Waals surface area contributed by atoms with Crippen molar-refractivity contribution in [3.63, 3.8) is 0 Å². The quantitative estimate of drug-likeness (QED) is 0.759. The summed E-state index contributed by atoms with van der Waals surface area (Å²) < 4.78 is 7.30. The van der Waals surface area contributed by atoms with Gasteiger partial charge < -0.3 is 15.0 Å². The fraction of sp³-hybridized carbons (Fsp3) is 0.643. The van der Waals surface area contributed by atoms with E-state index in [4.69, 9.17) is 9.72 Å². The minimum atomic E-state index is 0.464. The molecule has 0 bridgehead atoms. The van der Waals surface area contributed by atoms with Crippen LogP contribution in [0.4, 0.5) is 5.82 Å². The summed E-state index contributed by atoms with van der Waals surface area (Å²) in [5, 5.41) is 5.56. The molecule has 2 rings (SSSR count). The van der Waals surface area contributed by atoms with Gasteiger partial charge in [-0.2, -0.15) is 0 Å². The first-order valence-corrected chi connectivity index (χ1v) is 7.89. The van der Waals surface area contributed by atoms with Crippen LogP contribution in [-0.2, 0) is 11.3 Å². The van der Waals surface area contributed by atoms with Crippen molar-refractivity contribution in [2.24, 2.45) is 0 Å². The lowest BCUT2D eigenvalue weighted by molar-refractivity contribution is 0.196. The third kappa shape index (κ3) is 3.50. The van der Waals surface area contributed by atoms with Crippen molar-refractivity contribution < 1.29 is 4.74 Å². The molecule has 112 valence electrons. The molecule has 6 heteroatoms. The third-order valence-electron chi connectivity index (χ3n) is 3.22. The zero-order chi connectivity index (χ0) is 14.5. The van der Waals surface area contributed by atoms with E-state index in [1.165, 1.54) is 5.69 Å². The van der Waals surface area contributed by atoms with Crippen molar-refractivity contribution >= 4 is 22.1 Å². The predicted octanol–water partition coefficient (Wildman–Crippen LogP) is 2.37. The van der Waals surface area contributed by atoms with Crippen LogP contribution in [0, 0.1) is 0 Å². The first-order valence-electron chi connectivity index (χ1n) is 7.01. The summed E-state index contributed by atoms with van der Waals surface area (Å²) >= 11 is 1.68. The first-order chi connectivity index (χ1) is 9.63. The largest absolute Gasteiger partial charge is 0.385 e. The summed E-state index contributed by atoms with van der Waals surface area (Å²) in [4.78, 5) is 8.03. The summed E-state index contributed by atoms with van der Waals surface area (Å²) in [6.45, 7) is 6.89. The lowest BCUT2D eigenvalue weighted by Crippen LogP contribution is -2.26. The van der Waals surface area contributed by atoms with E-state index in [0.29, 0.717) is 6.04 Å². The number of nitrogens with zero attached hydrogens (tertiary/aromatic N) is 3. The second kappa shape index (κ2) is 7.06. The third-order valence-corrected chi connectivity index (χ3v) is 3.98. The Morgan fingerprint density at radius 2 is 2.30 bits per heavy atom. The van der Waals surface area contributed by atoms with E-state index in [1.807, 2.05) is 0 Å². The number of methoxy groups -OCH3 is 1. The van der Waals surface area contributed by atoms with Crippen molar-refractivity contribution in [1.29, 1.82) is 0 Å². The van der Waals surface area contributed by atoms with E-state index in [-0.39, 0.29) is 0 Å². The molecule has 0 atom stereocenters. The van der Waals surface area contributed by atoms with E-state index in [1.54, 1.807) is 18.4 Å². The van der Waals surface area contributed by atoms with Gasteiger partial charge in [-0.05, 0) is 6.42 Å². The highest BCUT2D eigenvalue weighted by molar-refractivity contribution is 7.15. The SMILES string of the molecule is COCCCN(C)c1nc2sccn2c1CNC(C)C. The molecule has 0 aliphatic carbocycles. The number of rotatable bonds is 8. The van der Waals surface area contributed by atoms with E-state index in [0.717, 1.165) is 36.9 Å². The molecule has 2 aromatic heterocycles. The summed E-state index contributed by atoms with van der Waals surface area (Å²) in [6.07, 6.45) is 3.10. The highest BCUT2D eigenvalue weighted by Gasteiger charge is 2.16. The lowest BCUT2D eigenvalue weighted by atomic mass is 10.3. The molecule has 0 aromatic carbocycles. The molecule has 5 nitrogen and oxygen atoms in total. The zero-order valence-corrected chi connectivity index (χ0v) is 13.5. The van der Waals surface area contributed by atoms with Gasteiger partial charge in [-0.1, -0.05) is 13.8 Å². The second-order valence-electron chi connectivity index (χ2n) is 5.24. The van der Waals surface area contributed by atoms with Gasteiger partial charge in [0.1, 0.15) is 0 Å². The number of ether oxygens (including phenoxy) is 1. The van der Waals surface area contributed by atoms with E-state index in [9.17, 15) is 0 Å². The standard InChI is InChI=1S/C14H24N4OS/c1-11(2)15-10-12-13(17(3)6-5-8-19-4)16-14-18(12)7-9-20-14/h7,9,11,15H,5-6,8,10H2,1-4H3. The maximum atomic E-state index is 5.12. The average molecular weight is 296 g/mol. The minimum Gasteiger partial charge on any atom is -0.385 e. The first kappa shape index (κ1) is 15.3. The van der Waals surface area contributed by atoms with Crippen LogP contribution in [0.1, 0.15) is 26.0 Å². The molecule has 2 heterocycles. The van der Waals surface area contributed by atoms with Gasteiger partial charge in [-0.3, -0.25) is 4.40 Å². The molecule has 0 fully saturated rings. The van der Waals surface area contributed by atoms with Crippen molar-refractivity contribution in [3.05, 3.63) is 17.3 Å². The maximum Gasteiger partial charge on any atom is 0.195 e. The van der Waals surface area contributed by atoms with Crippen LogP contribution < -0.4 is 10.2 Å². The Hall–Kier alpha value is -1.11. The van der Waals surface area contributed by atoms with Crippen LogP contribution in [0.5, 0.6) is 0 Å². The van der Waals surface area contributed by atoms with E-state index >= 15 is 0 Å². The molecule has 0 saturated heterocycles. The summed E-state index contributed by atoms with van der Waals surface area (Å²) in [6, 6.07) is 0.464. The number of hydrogen-bond donors (Lipinski definition) is 1. The Morgan fingerprint density at radius 3 is 3.00 bits per heavy atom. The fourth-order valence-electron chi connectivity index (χ4n) is 2.14. The second-order valence-corrected chi connectivity index (χ2v) is 6.11. The van der Waals surface area contributed by atoms with E-state index in [2.05, 4.69) is 47.1 Å². The van der Waals surface area contributed by atoms with Crippen molar-refractivity contribution in [3.8, 4) is 0 Å². The van der Waals surface area contributed by atoms with Gasteiger partial charge in [0, 0.05) is 51.5 Å². The average Bonchev–Trinajstić information content (AvgIpc) is 2.97.